The normalized spacial score (nSPS) is 12.0. The maximum atomic E-state index is 10.1. The van der Waals surface area contributed by atoms with Crippen LogP contribution < -0.4 is 5.32 Å². The highest BCUT2D eigenvalue weighted by Gasteiger charge is 2.19. The van der Waals surface area contributed by atoms with Gasteiger partial charge in [-0.05, 0) is 35.9 Å². The minimum Gasteiger partial charge on any atom is -0.394 e. The molecule has 7 nitrogen and oxygen atoms in total. The van der Waals surface area contributed by atoms with Crippen molar-refractivity contribution in [3.8, 4) is 22.5 Å². The van der Waals surface area contributed by atoms with E-state index in [4.69, 9.17) is 10.1 Å². The minimum absolute atomic E-state index is 0.128. The maximum Gasteiger partial charge on any atom is 0.183 e. The highest BCUT2D eigenvalue weighted by Crippen LogP contribution is 2.32. The smallest absolute Gasteiger partial charge is 0.183 e. The molecule has 0 bridgehead atoms. The summed E-state index contributed by atoms with van der Waals surface area (Å²) in [4.78, 5) is 13.4. The van der Waals surface area contributed by atoms with Crippen molar-refractivity contribution in [1.82, 2.24) is 24.6 Å². The highest BCUT2D eigenvalue weighted by atomic mass is 16.3. The fourth-order valence-corrected chi connectivity index (χ4v) is 3.55. The largest absolute Gasteiger partial charge is 0.394 e. The monoisotopic (exact) mass is 408 g/mol. The summed E-state index contributed by atoms with van der Waals surface area (Å²) in [6, 6.07) is 21.1. The summed E-state index contributed by atoms with van der Waals surface area (Å²) < 4.78 is 1.81. The molecule has 0 aliphatic rings. The van der Waals surface area contributed by atoms with Gasteiger partial charge in [-0.1, -0.05) is 36.4 Å². The van der Waals surface area contributed by atoms with Crippen LogP contribution in [0.25, 0.3) is 28.0 Å². The molecule has 0 radical (unpaired) electrons. The molecule has 5 rings (SSSR count). The van der Waals surface area contributed by atoms with Gasteiger partial charge in [0, 0.05) is 35.9 Å². The average molecular weight is 408 g/mol. The molecule has 0 spiro atoms. The summed E-state index contributed by atoms with van der Waals surface area (Å²) >= 11 is 0. The number of hydrogen-bond donors (Lipinski definition) is 2. The van der Waals surface area contributed by atoms with Crippen LogP contribution in [0.15, 0.2) is 91.5 Å². The first-order chi connectivity index (χ1) is 15.3. The van der Waals surface area contributed by atoms with Gasteiger partial charge in [-0.15, -0.1) is 5.10 Å². The molecule has 31 heavy (non-hydrogen) atoms. The molecule has 4 aromatic heterocycles. The summed E-state index contributed by atoms with van der Waals surface area (Å²) in [6.07, 6.45) is 7.07. The highest BCUT2D eigenvalue weighted by molar-refractivity contribution is 5.89. The van der Waals surface area contributed by atoms with E-state index in [0.717, 1.165) is 27.9 Å². The lowest BCUT2D eigenvalue weighted by molar-refractivity contribution is 0.274. The van der Waals surface area contributed by atoms with Gasteiger partial charge in [0.05, 0.1) is 18.3 Å². The van der Waals surface area contributed by atoms with E-state index in [9.17, 15) is 5.11 Å². The van der Waals surface area contributed by atoms with Crippen LogP contribution >= 0.6 is 0 Å². The van der Waals surface area contributed by atoms with Crippen molar-refractivity contribution in [2.24, 2.45) is 0 Å². The first-order valence-electron chi connectivity index (χ1n) is 9.97. The second kappa shape index (κ2) is 8.33. The number of nitrogens with one attached hydrogen (secondary N) is 1. The Labute approximate surface area is 179 Å². The van der Waals surface area contributed by atoms with E-state index in [2.05, 4.69) is 27.4 Å². The fourth-order valence-electron chi connectivity index (χ4n) is 3.55. The molecular formula is C24H20N6O. The van der Waals surface area contributed by atoms with Crippen molar-refractivity contribution in [2.45, 2.75) is 6.04 Å². The van der Waals surface area contributed by atoms with E-state index in [1.807, 2.05) is 65.3 Å². The van der Waals surface area contributed by atoms with Gasteiger partial charge in [-0.2, -0.15) is 0 Å². The number of fused-ring (bicyclic) bond motifs is 1. The molecular weight excluding hydrogens is 388 g/mol. The van der Waals surface area contributed by atoms with Crippen molar-refractivity contribution in [3.05, 3.63) is 97.2 Å². The van der Waals surface area contributed by atoms with Gasteiger partial charge in [0.25, 0.3) is 0 Å². The molecule has 2 N–H and O–H groups in total. The molecule has 0 aliphatic carbocycles. The number of hydrogen-bond acceptors (Lipinski definition) is 6. The summed E-state index contributed by atoms with van der Waals surface area (Å²) in [5.41, 5.74) is 4.43. The molecule has 152 valence electrons. The number of aliphatic hydroxyl groups excluding tert-OH is 1. The Balaban J connectivity index is 1.68. The average Bonchev–Trinajstić information content (AvgIpc) is 3.28. The maximum absolute atomic E-state index is 10.1. The standard InChI is InChI=1S/C24H20N6O/c31-16-21(20-10-4-5-13-26-20)27-24-22-19(17-7-2-1-3-8-17)11-14-30(22)29-23(28-24)18-9-6-12-25-15-18/h1-15,21,31H,16H2,(H,27,28,29). The number of nitrogens with zero attached hydrogens (tertiary/aromatic N) is 5. The quantitative estimate of drug-likeness (QED) is 0.442. The van der Waals surface area contributed by atoms with Crippen LogP contribution in [0.3, 0.4) is 0 Å². The Hall–Kier alpha value is -4.10. The van der Waals surface area contributed by atoms with Crippen LogP contribution in [0.5, 0.6) is 0 Å². The third kappa shape index (κ3) is 3.74. The first kappa shape index (κ1) is 18.9. The van der Waals surface area contributed by atoms with E-state index in [-0.39, 0.29) is 6.61 Å². The van der Waals surface area contributed by atoms with Crippen molar-refractivity contribution in [1.29, 1.82) is 0 Å². The number of rotatable bonds is 6. The molecule has 1 unspecified atom stereocenters. The number of anilines is 1. The molecule has 4 heterocycles. The van der Waals surface area contributed by atoms with Crippen molar-refractivity contribution in [2.75, 3.05) is 11.9 Å². The lowest BCUT2D eigenvalue weighted by atomic mass is 10.1. The lowest BCUT2D eigenvalue weighted by Gasteiger charge is -2.18. The summed E-state index contributed by atoms with van der Waals surface area (Å²) in [6.45, 7) is -0.128. The predicted molar refractivity (Wildman–Crippen MR) is 119 cm³/mol. The van der Waals surface area contributed by atoms with Gasteiger partial charge in [-0.25, -0.2) is 9.50 Å². The Morgan fingerprint density at radius 2 is 1.74 bits per heavy atom. The van der Waals surface area contributed by atoms with Crippen molar-refractivity contribution < 1.29 is 5.11 Å². The van der Waals surface area contributed by atoms with Crippen molar-refractivity contribution >= 4 is 11.3 Å². The van der Waals surface area contributed by atoms with Crippen LogP contribution in [0.1, 0.15) is 11.7 Å². The van der Waals surface area contributed by atoms with Crippen LogP contribution in [-0.4, -0.2) is 36.3 Å². The van der Waals surface area contributed by atoms with Gasteiger partial charge in [0.15, 0.2) is 11.6 Å². The van der Waals surface area contributed by atoms with E-state index in [1.54, 1.807) is 18.6 Å². The van der Waals surface area contributed by atoms with Crippen LogP contribution in [0.4, 0.5) is 5.82 Å². The summed E-state index contributed by atoms with van der Waals surface area (Å²) in [5, 5.41) is 18.2. The van der Waals surface area contributed by atoms with Crippen molar-refractivity contribution in [3.63, 3.8) is 0 Å². The Morgan fingerprint density at radius 1 is 0.903 bits per heavy atom. The van der Waals surface area contributed by atoms with E-state index in [1.165, 1.54) is 0 Å². The minimum atomic E-state index is -0.417. The number of aliphatic hydroxyl groups is 1. The lowest BCUT2D eigenvalue weighted by Crippen LogP contribution is -2.18. The predicted octanol–water partition coefficient (Wildman–Crippen LogP) is 4.00. The van der Waals surface area contributed by atoms with Crippen LogP contribution in [0.2, 0.25) is 0 Å². The SMILES string of the molecule is OCC(Nc1nc(-c2cccnc2)nn2ccc(-c3ccccc3)c12)c1ccccn1. The van der Waals surface area contributed by atoms with Gasteiger partial charge in [-0.3, -0.25) is 9.97 Å². The molecule has 7 heteroatoms. The third-order valence-electron chi connectivity index (χ3n) is 5.05. The third-order valence-corrected chi connectivity index (χ3v) is 5.05. The van der Waals surface area contributed by atoms with Gasteiger partial charge < -0.3 is 10.4 Å². The van der Waals surface area contributed by atoms with E-state index >= 15 is 0 Å². The molecule has 1 aromatic carbocycles. The Bertz CT molecular complexity index is 1290. The topological polar surface area (TPSA) is 88.2 Å². The van der Waals surface area contributed by atoms with Gasteiger partial charge in [0.1, 0.15) is 5.52 Å². The van der Waals surface area contributed by atoms with Gasteiger partial charge >= 0.3 is 0 Å². The van der Waals surface area contributed by atoms with E-state index in [0.29, 0.717) is 11.6 Å². The molecule has 5 aromatic rings. The van der Waals surface area contributed by atoms with Crippen LogP contribution in [0, 0.1) is 0 Å². The van der Waals surface area contributed by atoms with Crippen LogP contribution in [-0.2, 0) is 0 Å². The number of pyridine rings is 2. The zero-order valence-corrected chi connectivity index (χ0v) is 16.6. The Morgan fingerprint density at radius 3 is 2.48 bits per heavy atom. The molecule has 1 atom stereocenters. The number of aromatic nitrogens is 5. The van der Waals surface area contributed by atoms with E-state index < -0.39 is 6.04 Å². The zero-order chi connectivity index (χ0) is 21.0. The molecule has 0 aliphatic heterocycles. The molecule has 0 saturated heterocycles. The zero-order valence-electron chi connectivity index (χ0n) is 16.6. The first-order valence-corrected chi connectivity index (χ1v) is 9.97. The Kier molecular flexibility index (Phi) is 5.08. The second-order valence-electron chi connectivity index (χ2n) is 7.05. The summed E-state index contributed by atoms with van der Waals surface area (Å²) in [7, 11) is 0. The second-order valence-corrected chi connectivity index (χ2v) is 7.05. The molecule has 0 saturated carbocycles. The molecule has 0 fully saturated rings. The fraction of sp³-hybridized carbons (Fsp3) is 0.0833. The molecule has 0 amide bonds. The summed E-state index contributed by atoms with van der Waals surface area (Å²) in [5.74, 6) is 1.15. The van der Waals surface area contributed by atoms with Gasteiger partial charge in [0.2, 0.25) is 0 Å². The number of benzene rings is 1.